The zero-order chi connectivity index (χ0) is 14.7. The molecular weight excluding hydrogens is 260 g/mol. The third-order valence-electron chi connectivity index (χ3n) is 2.83. The highest BCUT2D eigenvalue weighted by Crippen LogP contribution is 2.28. The summed E-state index contributed by atoms with van der Waals surface area (Å²) in [4.78, 5) is 14.7. The molecule has 1 aromatic carbocycles. The Morgan fingerprint density at radius 1 is 1.40 bits per heavy atom. The van der Waals surface area contributed by atoms with Gasteiger partial charge in [-0.05, 0) is 18.4 Å². The van der Waals surface area contributed by atoms with Gasteiger partial charge in [0, 0.05) is 6.07 Å². The van der Waals surface area contributed by atoms with E-state index in [1.54, 1.807) is 18.2 Å². The van der Waals surface area contributed by atoms with Crippen molar-refractivity contribution in [3.8, 4) is 11.4 Å². The second-order valence-corrected chi connectivity index (χ2v) is 4.97. The Morgan fingerprint density at radius 3 is 2.75 bits per heavy atom. The molecule has 0 amide bonds. The average molecular weight is 276 g/mol. The maximum atomic E-state index is 11.0. The number of aromatic nitrogens is 2. The van der Waals surface area contributed by atoms with Crippen molar-refractivity contribution < 1.29 is 9.45 Å². The van der Waals surface area contributed by atoms with Crippen molar-refractivity contribution >= 4 is 5.69 Å². The van der Waals surface area contributed by atoms with Gasteiger partial charge in [-0.2, -0.15) is 4.98 Å². The van der Waals surface area contributed by atoms with E-state index in [9.17, 15) is 10.1 Å². The van der Waals surface area contributed by atoms with Gasteiger partial charge >= 0.3 is 0 Å². The zero-order valence-corrected chi connectivity index (χ0v) is 11.3. The van der Waals surface area contributed by atoms with Crippen molar-refractivity contribution in [2.45, 2.75) is 26.3 Å². The fraction of sp³-hybridized carbons (Fsp3) is 0.385. The van der Waals surface area contributed by atoms with E-state index in [2.05, 4.69) is 10.1 Å². The van der Waals surface area contributed by atoms with E-state index in [0.717, 1.165) is 0 Å². The number of nitro benzene ring substituents is 1. The number of hydrogen-bond acceptors (Lipinski definition) is 6. The summed E-state index contributed by atoms with van der Waals surface area (Å²) in [5.41, 5.74) is 6.22. The van der Waals surface area contributed by atoms with Crippen molar-refractivity contribution in [1.82, 2.24) is 10.1 Å². The summed E-state index contributed by atoms with van der Waals surface area (Å²) in [6, 6.07) is 5.90. The van der Waals surface area contributed by atoms with Crippen LogP contribution in [0.4, 0.5) is 5.69 Å². The van der Waals surface area contributed by atoms with Crippen molar-refractivity contribution in [2.24, 2.45) is 11.7 Å². The maximum absolute atomic E-state index is 11.0. The summed E-state index contributed by atoms with van der Waals surface area (Å²) >= 11 is 0. The van der Waals surface area contributed by atoms with Crippen LogP contribution in [0, 0.1) is 16.0 Å². The van der Waals surface area contributed by atoms with Gasteiger partial charge in [-0.1, -0.05) is 31.1 Å². The highest BCUT2D eigenvalue weighted by Gasteiger charge is 2.21. The van der Waals surface area contributed by atoms with Crippen LogP contribution in [-0.4, -0.2) is 15.1 Å². The van der Waals surface area contributed by atoms with Crippen molar-refractivity contribution in [3.05, 3.63) is 40.3 Å². The Bertz CT molecular complexity index is 609. The molecule has 0 aliphatic rings. The Kier molecular flexibility index (Phi) is 4.09. The lowest BCUT2D eigenvalue weighted by atomic mass is 10.0. The number of rotatable bonds is 5. The molecule has 2 N–H and O–H groups in total. The Balaban J connectivity index is 2.32. The molecule has 0 aliphatic carbocycles. The third kappa shape index (κ3) is 3.00. The fourth-order valence-electron chi connectivity index (χ4n) is 1.93. The first-order chi connectivity index (χ1) is 9.49. The maximum Gasteiger partial charge on any atom is 0.280 e. The van der Waals surface area contributed by atoms with Crippen molar-refractivity contribution in [3.63, 3.8) is 0 Å². The van der Waals surface area contributed by atoms with Gasteiger partial charge in [0.2, 0.25) is 11.7 Å². The fourth-order valence-corrected chi connectivity index (χ4v) is 1.93. The predicted molar refractivity (Wildman–Crippen MR) is 72.8 cm³/mol. The van der Waals surface area contributed by atoms with Crippen LogP contribution in [0.15, 0.2) is 28.8 Å². The third-order valence-corrected chi connectivity index (χ3v) is 2.83. The normalized spacial score (nSPS) is 12.6. The first-order valence-electron chi connectivity index (χ1n) is 6.32. The summed E-state index contributed by atoms with van der Waals surface area (Å²) in [6.45, 7) is 4.08. The molecule has 0 spiro atoms. The quantitative estimate of drug-likeness (QED) is 0.664. The predicted octanol–water partition coefficient (Wildman–Crippen LogP) is 2.69. The summed E-state index contributed by atoms with van der Waals surface area (Å²) < 4.78 is 5.11. The minimum atomic E-state index is -0.473. The van der Waals surface area contributed by atoms with E-state index in [1.807, 2.05) is 13.8 Å². The van der Waals surface area contributed by atoms with Crippen LogP contribution in [0.3, 0.4) is 0 Å². The second-order valence-electron chi connectivity index (χ2n) is 4.97. The smallest absolute Gasteiger partial charge is 0.280 e. The molecule has 1 aromatic heterocycles. The van der Waals surface area contributed by atoms with Crippen molar-refractivity contribution in [1.29, 1.82) is 0 Å². The average Bonchev–Trinajstić information content (AvgIpc) is 2.87. The number of nitrogens with zero attached hydrogens (tertiary/aromatic N) is 3. The zero-order valence-electron chi connectivity index (χ0n) is 11.3. The molecule has 0 aliphatic heterocycles. The van der Waals surface area contributed by atoms with Crippen LogP contribution < -0.4 is 5.73 Å². The van der Waals surface area contributed by atoms with Gasteiger partial charge in [-0.3, -0.25) is 10.1 Å². The Hall–Kier alpha value is -2.28. The lowest BCUT2D eigenvalue weighted by molar-refractivity contribution is -0.384. The van der Waals surface area contributed by atoms with E-state index in [-0.39, 0.29) is 17.6 Å². The molecule has 0 saturated carbocycles. The number of hydrogen-bond donors (Lipinski definition) is 1. The Morgan fingerprint density at radius 2 is 2.10 bits per heavy atom. The monoisotopic (exact) mass is 276 g/mol. The van der Waals surface area contributed by atoms with E-state index >= 15 is 0 Å². The Labute approximate surface area is 115 Å². The molecule has 0 radical (unpaired) electrons. The van der Waals surface area contributed by atoms with Gasteiger partial charge in [0.05, 0.1) is 11.0 Å². The molecule has 20 heavy (non-hydrogen) atoms. The first-order valence-corrected chi connectivity index (χ1v) is 6.32. The topological polar surface area (TPSA) is 108 Å². The van der Waals surface area contributed by atoms with E-state index in [1.165, 1.54) is 6.07 Å². The lowest BCUT2D eigenvalue weighted by Gasteiger charge is -2.08. The summed E-state index contributed by atoms with van der Waals surface area (Å²) in [6.07, 6.45) is 0.707. The number of benzene rings is 1. The molecule has 7 nitrogen and oxygen atoms in total. The molecule has 7 heteroatoms. The molecule has 2 rings (SSSR count). The molecule has 1 heterocycles. The van der Waals surface area contributed by atoms with Gasteiger partial charge in [0.1, 0.15) is 5.56 Å². The standard InChI is InChI=1S/C13H16N4O3/c1-8(2)7-10(14)13-15-12(16-20-13)9-5-3-4-6-11(9)17(18)19/h3-6,8,10H,7,14H2,1-2H3/t10-/m1/s1. The van der Waals surface area contributed by atoms with Gasteiger partial charge in [0.25, 0.3) is 5.69 Å². The SMILES string of the molecule is CC(C)C[C@@H](N)c1nc(-c2ccccc2[N+](=O)[O-])no1. The number of nitro groups is 1. The minimum Gasteiger partial charge on any atom is -0.337 e. The number of nitrogens with two attached hydrogens (primary N) is 1. The minimum absolute atomic E-state index is 0.0581. The largest absolute Gasteiger partial charge is 0.337 e. The second kappa shape index (κ2) is 5.79. The molecule has 106 valence electrons. The molecule has 0 saturated heterocycles. The van der Waals surface area contributed by atoms with Crippen LogP contribution in [-0.2, 0) is 0 Å². The van der Waals surface area contributed by atoms with E-state index in [0.29, 0.717) is 23.8 Å². The summed E-state index contributed by atoms with van der Waals surface area (Å²) in [7, 11) is 0. The van der Waals surface area contributed by atoms with Gasteiger partial charge in [-0.25, -0.2) is 0 Å². The number of para-hydroxylation sites is 1. The van der Waals surface area contributed by atoms with Gasteiger partial charge in [-0.15, -0.1) is 0 Å². The summed E-state index contributed by atoms with van der Waals surface area (Å²) in [5, 5.41) is 14.8. The van der Waals surface area contributed by atoms with Gasteiger partial charge in [0.15, 0.2) is 0 Å². The molecule has 0 fully saturated rings. The van der Waals surface area contributed by atoms with E-state index < -0.39 is 4.92 Å². The highest BCUT2D eigenvalue weighted by atomic mass is 16.6. The van der Waals surface area contributed by atoms with E-state index in [4.69, 9.17) is 10.3 Å². The van der Waals surface area contributed by atoms with Crippen LogP contribution in [0.25, 0.3) is 11.4 Å². The van der Waals surface area contributed by atoms with Crippen LogP contribution in [0.1, 0.15) is 32.2 Å². The molecule has 2 aromatic rings. The molecule has 0 unspecified atom stereocenters. The van der Waals surface area contributed by atoms with Crippen LogP contribution in [0.5, 0.6) is 0 Å². The molecule has 1 atom stereocenters. The lowest BCUT2D eigenvalue weighted by Crippen LogP contribution is -2.13. The van der Waals surface area contributed by atoms with Crippen molar-refractivity contribution in [2.75, 3.05) is 0 Å². The van der Waals surface area contributed by atoms with Crippen LogP contribution >= 0.6 is 0 Å². The highest BCUT2D eigenvalue weighted by molar-refractivity contribution is 5.67. The molecule has 0 bridgehead atoms. The van der Waals surface area contributed by atoms with Gasteiger partial charge < -0.3 is 10.3 Å². The van der Waals surface area contributed by atoms with Crippen LogP contribution in [0.2, 0.25) is 0 Å². The summed E-state index contributed by atoms with van der Waals surface area (Å²) in [5.74, 6) is 0.879. The molecular formula is C13H16N4O3. The first kappa shape index (κ1) is 14.1.